The maximum atomic E-state index is 12.1. The van der Waals surface area contributed by atoms with E-state index in [2.05, 4.69) is 24.3 Å². The molecule has 1 heterocycles. The van der Waals surface area contributed by atoms with Crippen molar-refractivity contribution < 1.29 is 19.1 Å². The summed E-state index contributed by atoms with van der Waals surface area (Å²) in [5, 5.41) is 7.44. The summed E-state index contributed by atoms with van der Waals surface area (Å²) in [5.41, 5.74) is 1.96. The summed E-state index contributed by atoms with van der Waals surface area (Å²) in [5.74, 6) is 0.209. The summed E-state index contributed by atoms with van der Waals surface area (Å²) >= 11 is 6.35. The molecule has 150 valence electrons. The monoisotopic (exact) mass is 405 g/mol. The average molecular weight is 406 g/mol. The first-order chi connectivity index (χ1) is 13.3. The molecule has 2 aromatic rings. The van der Waals surface area contributed by atoms with Crippen molar-refractivity contribution in [3.05, 3.63) is 46.8 Å². The third-order valence-corrected chi connectivity index (χ3v) is 4.03. The van der Waals surface area contributed by atoms with Crippen LogP contribution in [0, 0.1) is 12.8 Å². The Morgan fingerprint density at radius 2 is 1.96 bits per heavy atom. The molecule has 0 fully saturated rings. The molecule has 0 aliphatic rings. The molecule has 0 saturated carbocycles. The second-order valence-corrected chi connectivity index (χ2v) is 6.85. The smallest absolute Gasteiger partial charge is 0.411 e. The van der Waals surface area contributed by atoms with Gasteiger partial charge in [0.25, 0.3) is 0 Å². The Bertz CT molecular complexity index is 857. The number of halogens is 1. The number of rotatable bonds is 7. The van der Waals surface area contributed by atoms with E-state index < -0.39 is 12.1 Å². The lowest BCUT2D eigenvalue weighted by Crippen LogP contribution is -2.13. The van der Waals surface area contributed by atoms with Gasteiger partial charge in [0.2, 0.25) is 0 Å². The summed E-state index contributed by atoms with van der Waals surface area (Å²) < 4.78 is 11.8. The van der Waals surface area contributed by atoms with Crippen LogP contribution in [0.25, 0.3) is 6.08 Å². The number of esters is 1. The van der Waals surface area contributed by atoms with E-state index in [1.807, 2.05) is 6.92 Å². The fraction of sp³-hybridized carbons (Fsp3) is 0.350. The number of anilines is 1. The summed E-state index contributed by atoms with van der Waals surface area (Å²) in [4.78, 5) is 23.4. The molecule has 0 aliphatic carbocycles. The van der Waals surface area contributed by atoms with Gasteiger partial charge < -0.3 is 9.47 Å². The van der Waals surface area contributed by atoms with E-state index in [1.54, 1.807) is 41.9 Å². The lowest BCUT2D eigenvalue weighted by molar-refractivity contribution is -0.128. The van der Waals surface area contributed by atoms with Crippen LogP contribution in [-0.4, -0.2) is 28.4 Å². The summed E-state index contributed by atoms with van der Waals surface area (Å²) in [6.07, 6.45) is 2.36. The topological polar surface area (TPSA) is 82.4 Å². The first-order valence-electron chi connectivity index (χ1n) is 8.96. The highest BCUT2D eigenvalue weighted by Crippen LogP contribution is 2.22. The first kappa shape index (κ1) is 21.5. The van der Waals surface area contributed by atoms with Crippen LogP contribution >= 0.6 is 11.6 Å². The van der Waals surface area contributed by atoms with Crippen molar-refractivity contribution in [3.63, 3.8) is 0 Å². The van der Waals surface area contributed by atoms with Crippen LogP contribution in [0.1, 0.15) is 32.0 Å². The molecule has 1 N–H and O–H groups in total. The Morgan fingerprint density at radius 3 is 2.57 bits per heavy atom. The Hall–Kier alpha value is -2.80. The lowest BCUT2D eigenvalue weighted by Gasteiger charge is -2.06. The number of benzene rings is 1. The summed E-state index contributed by atoms with van der Waals surface area (Å²) in [6.45, 7) is 8.70. The van der Waals surface area contributed by atoms with Crippen molar-refractivity contribution in [2.24, 2.45) is 5.92 Å². The maximum absolute atomic E-state index is 12.1. The molecule has 0 saturated heterocycles. The van der Waals surface area contributed by atoms with Crippen LogP contribution in [0.5, 0.6) is 5.75 Å². The number of nitrogens with zero attached hydrogens (tertiary/aromatic N) is 2. The van der Waals surface area contributed by atoms with E-state index in [1.165, 1.54) is 6.08 Å². The molecule has 7 nitrogen and oxygen atoms in total. The van der Waals surface area contributed by atoms with Gasteiger partial charge in [0, 0.05) is 23.9 Å². The minimum atomic E-state index is -0.543. The number of hydrogen-bond donors (Lipinski definition) is 1. The molecule has 0 bridgehead atoms. The molecule has 8 heteroatoms. The van der Waals surface area contributed by atoms with Crippen molar-refractivity contribution in [2.45, 2.75) is 34.2 Å². The zero-order chi connectivity index (χ0) is 20.7. The summed E-state index contributed by atoms with van der Waals surface area (Å²) in [6, 6.07) is 6.37. The molecule has 1 amide bonds. The maximum Gasteiger partial charge on any atom is 0.411 e. The van der Waals surface area contributed by atoms with Crippen molar-refractivity contribution >= 4 is 35.4 Å². The van der Waals surface area contributed by atoms with Gasteiger partial charge in [0.1, 0.15) is 10.9 Å². The van der Waals surface area contributed by atoms with Gasteiger partial charge in [-0.15, -0.1) is 0 Å². The molecule has 2 rings (SSSR count). The van der Waals surface area contributed by atoms with Crippen molar-refractivity contribution in [1.29, 1.82) is 0 Å². The number of carbonyl (C=O) groups is 2. The van der Waals surface area contributed by atoms with Crippen molar-refractivity contribution in [3.8, 4) is 5.75 Å². The molecular weight excluding hydrogens is 382 g/mol. The minimum absolute atomic E-state index is 0.285. The van der Waals surface area contributed by atoms with Crippen LogP contribution in [0.4, 0.5) is 10.5 Å². The Morgan fingerprint density at radius 1 is 1.29 bits per heavy atom. The van der Waals surface area contributed by atoms with E-state index in [4.69, 9.17) is 21.1 Å². The minimum Gasteiger partial charge on any atom is -0.450 e. The second kappa shape index (κ2) is 9.94. The quantitative estimate of drug-likeness (QED) is 0.410. The Kier molecular flexibility index (Phi) is 7.63. The van der Waals surface area contributed by atoms with Crippen LogP contribution in [0.2, 0.25) is 5.15 Å². The van der Waals surface area contributed by atoms with E-state index in [0.717, 1.165) is 5.69 Å². The third-order valence-electron chi connectivity index (χ3n) is 3.63. The largest absolute Gasteiger partial charge is 0.450 e. The number of carbonyl (C=O) groups excluding carboxylic acids is 2. The van der Waals surface area contributed by atoms with Gasteiger partial charge in [-0.3, -0.25) is 10.00 Å². The fourth-order valence-corrected chi connectivity index (χ4v) is 2.72. The normalized spacial score (nSPS) is 11.1. The molecule has 0 aliphatic heterocycles. The molecule has 0 unspecified atom stereocenters. The third kappa shape index (κ3) is 6.13. The van der Waals surface area contributed by atoms with Gasteiger partial charge in [-0.05, 0) is 50.1 Å². The van der Waals surface area contributed by atoms with Crippen LogP contribution in [0.15, 0.2) is 30.3 Å². The standard InChI is InChI=1S/C20H24ClN3O4/c1-5-27-20(26)22-15-6-8-16(9-7-15)28-18(25)11-10-17-14(4)23-24(19(17)21)12-13(2)3/h6-11,13H,5,12H2,1-4H3,(H,22,26). The number of hydrogen-bond acceptors (Lipinski definition) is 5. The van der Waals surface area contributed by atoms with Crippen molar-refractivity contribution in [1.82, 2.24) is 9.78 Å². The molecule has 0 atom stereocenters. The number of aryl methyl sites for hydroxylation is 1. The first-order valence-corrected chi connectivity index (χ1v) is 9.34. The van der Waals surface area contributed by atoms with Gasteiger partial charge in [-0.1, -0.05) is 25.4 Å². The van der Waals surface area contributed by atoms with Gasteiger partial charge in [-0.25, -0.2) is 9.59 Å². The highest BCUT2D eigenvalue weighted by atomic mass is 35.5. The van der Waals surface area contributed by atoms with E-state index in [-0.39, 0.29) is 6.61 Å². The summed E-state index contributed by atoms with van der Waals surface area (Å²) in [7, 11) is 0. The molecule has 0 radical (unpaired) electrons. The van der Waals surface area contributed by atoms with Crippen LogP contribution in [0.3, 0.4) is 0 Å². The van der Waals surface area contributed by atoms with Crippen LogP contribution < -0.4 is 10.1 Å². The zero-order valence-electron chi connectivity index (χ0n) is 16.4. The molecule has 1 aromatic carbocycles. The van der Waals surface area contributed by atoms with Gasteiger partial charge in [-0.2, -0.15) is 5.10 Å². The Labute approximate surface area is 169 Å². The predicted molar refractivity (Wildman–Crippen MR) is 109 cm³/mol. The number of amides is 1. The van der Waals surface area contributed by atoms with Gasteiger partial charge >= 0.3 is 12.1 Å². The number of ether oxygens (including phenoxy) is 2. The van der Waals surface area contributed by atoms with E-state index in [9.17, 15) is 9.59 Å². The predicted octanol–water partition coefficient (Wildman–Crippen LogP) is 4.69. The molecule has 0 spiro atoms. The average Bonchev–Trinajstić information content (AvgIpc) is 2.88. The molecule has 28 heavy (non-hydrogen) atoms. The number of aromatic nitrogens is 2. The van der Waals surface area contributed by atoms with E-state index in [0.29, 0.717) is 34.6 Å². The SMILES string of the molecule is CCOC(=O)Nc1ccc(OC(=O)C=Cc2c(C)nn(CC(C)C)c2Cl)cc1. The second-order valence-electron chi connectivity index (χ2n) is 6.49. The highest BCUT2D eigenvalue weighted by Gasteiger charge is 2.12. The zero-order valence-corrected chi connectivity index (χ0v) is 17.1. The van der Waals surface area contributed by atoms with Crippen molar-refractivity contribution in [2.75, 3.05) is 11.9 Å². The van der Waals surface area contributed by atoms with Crippen LogP contribution in [-0.2, 0) is 16.1 Å². The van der Waals surface area contributed by atoms with Gasteiger partial charge in [0.05, 0.1) is 12.3 Å². The lowest BCUT2D eigenvalue weighted by atomic mass is 10.2. The Balaban J connectivity index is 1.98. The fourth-order valence-electron chi connectivity index (χ4n) is 2.42. The van der Waals surface area contributed by atoms with E-state index >= 15 is 0 Å². The highest BCUT2D eigenvalue weighted by molar-refractivity contribution is 6.31. The number of nitrogens with one attached hydrogen (secondary N) is 1. The molecule has 1 aromatic heterocycles. The molecular formula is C20H24ClN3O4. The van der Waals surface area contributed by atoms with Gasteiger partial charge in [0.15, 0.2) is 0 Å².